The molecule has 0 unspecified atom stereocenters. The highest BCUT2D eigenvalue weighted by atomic mass is 15.2. The Labute approximate surface area is 160 Å². The highest BCUT2D eigenvalue weighted by Gasteiger charge is 2.10. The number of rotatable bonds is 11. The van der Waals surface area contributed by atoms with Gasteiger partial charge in [-0.05, 0) is 42.1 Å². The average Bonchev–Trinajstić information content (AvgIpc) is 2.63. The molecule has 0 saturated heterocycles. The first kappa shape index (κ1) is 20.7. The zero-order valence-electron chi connectivity index (χ0n) is 17.1. The molecule has 2 aromatic rings. The number of likely N-dealkylation sites (N-methyl/N-ethyl adjacent to an activating group) is 1. The molecule has 0 heterocycles. The fourth-order valence-corrected chi connectivity index (χ4v) is 3.46. The summed E-state index contributed by atoms with van der Waals surface area (Å²) >= 11 is 0. The molecule has 0 aliphatic carbocycles. The third-order valence-electron chi connectivity index (χ3n) is 4.92. The molecule has 2 rings (SSSR count). The van der Waals surface area contributed by atoms with E-state index in [1.165, 1.54) is 16.7 Å². The van der Waals surface area contributed by atoms with Gasteiger partial charge in [0.2, 0.25) is 0 Å². The summed E-state index contributed by atoms with van der Waals surface area (Å²) in [6.07, 6.45) is 1.16. The fourth-order valence-electron chi connectivity index (χ4n) is 3.46. The first-order valence-electron chi connectivity index (χ1n) is 10.2. The number of benzene rings is 2. The van der Waals surface area contributed by atoms with Gasteiger partial charge in [-0.2, -0.15) is 0 Å². The van der Waals surface area contributed by atoms with E-state index in [1.54, 1.807) is 0 Å². The Hall–Kier alpha value is -1.64. The molecule has 142 valence electrons. The molecule has 0 bridgehead atoms. The second-order valence-corrected chi connectivity index (χ2v) is 7.64. The molecule has 0 N–H and O–H groups in total. The molecule has 0 aromatic heterocycles. The summed E-state index contributed by atoms with van der Waals surface area (Å²) in [4.78, 5) is 5.09. The van der Waals surface area contributed by atoms with Gasteiger partial charge in [-0.3, -0.25) is 4.90 Å². The van der Waals surface area contributed by atoms with Crippen molar-refractivity contribution in [1.82, 2.24) is 9.80 Å². The van der Waals surface area contributed by atoms with Gasteiger partial charge in [-0.25, -0.2) is 0 Å². The summed E-state index contributed by atoms with van der Waals surface area (Å²) in [6, 6.07) is 20.0. The van der Waals surface area contributed by atoms with E-state index in [-0.39, 0.29) is 0 Å². The van der Waals surface area contributed by atoms with Crippen molar-refractivity contribution in [3.63, 3.8) is 0 Å². The van der Waals surface area contributed by atoms with Crippen LogP contribution in [0.1, 0.15) is 44.4 Å². The van der Waals surface area contributed by atoms with Crippen molar-refractivity contribution in [2.45, 2.75) is 47.2 Å². The van der Waals surface area contributed by atoms with Gasteiger partial charge in [0.05, 0.1) is 0 Å². The SMILES string of the molecule is CCN(CC)CCN(Cc1ccccc1)Cc1cccc(CC(C)C)c1. The second kappa shape index (κ2) is 11.2. The Balaban J connectivity index is 2.07. The van der Waals surface area contributed by atoms with Crippen LogP contribution in [0.2, 0.25) is 0 Å². The maximum atomic E-state index is 2.59. The Morgan fingerprint density at radius 2 is 1.27 bits per heavy atom. The van der Waals surface area contributed by atoms with Crippen molar-refractivity contribution in [3.05, 3.63) is 71.3 Å². The van der Waals surface area contributed by atoms with Crippen LogP contribution in [0, 0.1) is 5.92 Å². The van der Waals surface area contributed by atoms with Crippen LogP contribution >= 0.6 is 0 Å². The minimum atomic E-state index is 0.702. The van der Waals surface area contributed by atoms with Crippen molar-refractivity contribution in [3.8, 4) is 0 Å². The van der Waals surface area contributed by atoms with Gasteiger partial charge >= 0.3 is 0 Å². The lowest BCUT2D eigenvalue weighted by molar-refractivity contribution is 0.202. The Bertz CT molecular complexity index is 617. The largest absolute Gasteiger partial charge is 0.303 e. The maximum absolute atomic E-state index is 2.59. The number of hydrogen-bond donors (Lipinski definition) is 0. The summed E-state index contributed by atoms with van der Waals surface area (Å²) in [7, 11) is 0. The van der Waals surface area contributed by atoms with Crippen LogP contribution in [0.4, 0.5) is 0 Å². The molecule has 26 heavy (non-hydrogen) atoms. The van der Waals surface area contributed by atoms with Crippen LogP contribution in [-0.4, -0.2) is 36.0 Å². The molecule has 0 radical (unpaired) electrons. The van der Waals surface area contributed by atoms with E-state index < -0.39 is 0 Å². The van der Waals surface area contributed by atoms with Crippen molar-refractivity contribution in [2.75, 3.05) is 26.2 Å². The summed E-state index contributed by atoms with van der Waals surface area (Å²) in [5.74, 6) is 0.702. The zero-order valence-corrected chi connectivity index (χ0v) is 17.1. The van der Waals surface area contributed by atoms with Gasteiger partial charge in [0.1, 0.15) is 0 Å². The maximum Gasteiger partial charge on any atom is 0.0237 e. The first-order chi connectivity index (χ1) is 12.6. The molecule has 0 aliphatic rings. The summed E-state index contributed by atoms with van der Waals surface area (Å²) in [5, 5.41) is 0. The lowest BCUT2D eigenvalue weighted by Gasteiger charge is -2.26. The van der Waals surface area contributed by atoms with Gasteiger partial charge in [0.25, 0.3) is 0 Å². The molecule has 0 aliphatic heterocycles. The van der Waals surface area contributed by atoms with Crippen LogP contribution < -0.4 is 0 Å². The molecule has 0 atom stereocenters. The minimum Gasteiger partial charge on any atom is -0.303 e. The van der Waals surface area contributed by atoms with E-state index in [9.17, 15) is 0 Å². The van der Waals surface area contributed by atoms with E-state index in [0.717, 1.165) is 45.7 Å². The molecule has 0 spiro atoms. The van der Waals surface area contributed by atoms with Crippen molar-refractivity contribution < 1.29 is 0 Å². The molecule has 0 amide bonds. The molecular formula is C24H36N2. The number of nitrogens with zero attached hydrogens (tertiary/aromatic N) is 2. The van der Waals surface area contributed by atoms with E-state index in [4.69, 9.17) is 0 Å². The Morgan fingerprint density at radius 3 is 1.92 bits per heavy atom. The smallest absolute Gasteiger partial charge is 0.0237 e. The first-order valence-corrected chi connectivity index (χ1v) is 10.2. The molecular weight excluding hydrogens is 316 g/mol. The quantitative estimate of drug-likeness (QED) is 0.546. The van der Waals surface area contributed by atoms with Gasteiger partial charge in [0.15, 0.2) is 0 Å². The summed E-state index contributed by atoms with van der Waals surface area (Å²) in [5.41, 5.74) is 4.28. The highest BCUT2D eigenvalue weighted by Crippen LogP contribution is 2.14. The van der Waals surface area contributed by atoms with E-state index in [1.807, 2.05) is 0 Å². The van der Waals surface area contributed by atoms with E-state index in [2.05, 4.69) is 92.1 Å². The second-order valence-electron chi connectivity index (χ2n) is 7.64. The van der Waals surface area contributed by atoms with Gasteiger partial charge < -0.3 is 4.90 Å². The van der Waals surface area contributed by atoms with Crippen molar-refractivity contribution >= 4 is 0 Å². The van der Waals surface area contributed by atoms with Gasteiger partial charge in [0, 0.05) is 26.2 Å². The topological polar surface area (TPSA) is 6.48 Å². The molecule has 2 heteroatoms. The van der Waals surface area contributed by atoms with Crippen LogP contribution in [0.25, 0.3) is 0 Å². The Morgan fingerprint density at radius 1 is 0.692 bits per heavy atom. The summed E-state index contributed by atoms with van der Waals surface area (Å²) in [6.45, 7) is 15.6. The lowest BCUT2D eigenvalue weighted by atomic mass is 10.0. The minimum absolute atomic E-state index is 0.702. The predicted octanol–water partition coefficient (Wildman–Crippen LogP) is 5.23. The van der Waals surface area contributed by atoms with Crippen LogP contribution in [0.5, 0.6) is 0 Å². The zero-order chi connectivity index (χ0) is 18.8. The Kier molecular flexibility index (Phi) is 8.87. The highest BCUT2D eigenvalue weighted by molar-refractivity contribution is 5.24. The predicted molar refractivity (Wildman–Crippen MR) is 113 cm³/mol. The van der Waals surface area contributed by atoms with Crippen LogP contribution in [0.3, 0.4) is 0 Å². The number of hydrogen-bond acceptors (Lipinski definition) is 2. The molecule has 2 nitrogen and oxygen atoms in total. The van der Waals surface area contributed by atoms with Crippen LogP contribution in [0.15, 0.2) is 54.6 Å². The molecule has 2 aromatic carbocycles. The van der Waals surface area contributed by atoms with Crippen molar-refractivity contribution in [2.24, 2.45) is 5.92 Å². The molecule has 0 fully saturated rings. The average molecular weight is 353 g/mol. The van der Waals surface area contributed by atoms with Crippen molar-refractivity contribution in [1.29, 1.82) is 0 Å². The standard InChI is InChI=1S/C24H36N2/c1-5-25(6-2)15-16-26(19-22-11-8-7-9-12-22)20-24-14-10-13-23(18-24)17-21(3)4/h7-14,18,21H,5-6,15-17,19-20H2,1-4H3. The fraction of sp³-hybridized carbons (Fsp3) is 0.500. The van der Waals surface area contributed by atoms with Gasteiger partial charge in [-0.1, -0.05) is 82.3 Å². The molecule has 0 saturated carbocycles. The normalized spacial score (nSPS) is 11.7. The third kappa shape index (κ3) is 7.31. The van der Waals surface area contributed by atoms with E-state index >= 15 is 0 Å². The van der Waals surface area contributed by atoms with Crippen LogP contribution in [-0.2, 0) is 19.5 Å². The summed E-state index contributed by atoms with van der Waals surface area (Å²) < 4.78 is 0. The van der Waals surface area contributed by atoms with Gasteiger partial charge in [-0.15, -0.1) is 0 Å². The third-order valence-corrected chi connectivity index (χ3v) is 4.92. The monoisotopic (exact) mass is 352 g/mol. The lowest BCUT2D eigenvalue weighted by Crippen LogP contribution is -2.34. The van der Waals surface area contributed by atoms with E-state index in [0.29, 0.717) is 5.92 Å².